The van der Waals surface area contributed by atoms with Gasteiger partial charge < -0.3 is 5.32 Å². The number of piperidine rings is 1. The van der Waals surface area contributed by atoms with E-state index in [9.17, 15) is 8.42 Å². The smallest absolute Gasteiger partial charge is 0.215 e. The average molecular weight is 248 g/mol. The highest BCUT2D eigenvalue weighted by molar-refractivity contribution is 7.90. The lowest BCUT2D eigenvalue weighted by Gasteiger charge is -2.27. The van der Waals surface area contributed by atoms with Crippen LogP contribution in [0.5, 0.6) is 0 Å². The lowest BCUT2D eigenvalue weighted by Crippen LogP contribution is -2.48. The molecule has 96 valence electrons. The number of sulfonamides is 1. The molecule has 1 aliphatic heterocycles. The van der Waals surface area contributed by atoms with Crippen LogP contribution >= 0.6 is 0 Å². The molecule has 0 aromatic rings. The zero-order chi connectivity index (χ0) is 12.2. The van der Waals surface area contributed by atoms with Crippen molar-refractivity contribution in [1.82, 2.24) is 10.0 Å². The van der Waals surface area contributed by atoms with Gasteiger partial charge in [-0.1, -0.05) is 20.8 Å². The maximum absolute atomic E-state index is 12.1. The molecule has 1 rings (SSSR count). The minimum Gasteiger partial charge on any atom is -0.315 e. The molecule has 0 saturated carbocycles. The Labute approximate surface area is 99.2 Å². The quantitative estimate of drug-likeness (QED) is 0.766. The Morgan fingerprint density at radius 2 is 2.12 bits per heavy atom. The van der Waals surface area contributed by atoms with Gasteiger partial charge in [-0.3, -0.25) is 0 Å². The molecule has 1 aliphatic rings. The lowest BCUT2D eigenvalue weighted by atomic mass is 10.0. The van der Waals surface area contributed by atoms with Crippen LogP contribution < -0.4 is 10.0 Å². The number of hydrogen-bond acceptors (Lipinski definition) is 3. The fourth-order valence-corrected chi connectivity index (χ4v) is 3.95. The van der Waals surface area contributed by atoms with Crippen molar-refractivity contribution in [3.8, 4) is 0 Å². The molecule has 0 amide bonds. The van der Waals surface area contributed by atoms with Crippen molar-refractivity contribution in [2.24, 2.45) is 5.92 Å². The molecule has 0 bridgehead atoms. The highest BCUT2D eigenvalue weighted by Gasteiger charge is 2.29. The third kappa shape index (κ3) is 3.71. The molecule has 16 heavy (non-hydrogen) atoms. The van der Waals surface area contributed by atoms with Crippen LogP contribution in [0.2, 0.25) is 0 Å². The first-order valence-corrected chi connectivity index (χ1v) is 7.74. The predicted molar refractivity (Wildman–Crippen MR) is 66.9 cm³/mol. The molecule has 0 radical (unpaired) electrons. The summed E-state index contributed by atoms with van der Waals surface area (Å²) in [4.78, 5) is 0. The lowest BCUT2D eigenvalue weighted by molar-refractivity contribution is 0.425. The van der Waals surface area contributed by atoms with Crippen molar-refractivity contribution in [2.75, 3.05) is 13.1 Å². The summed E-state index contributed by atoms with van der Waals surface area (Å²) in [5.41, 5.74) is 0. The molecule has 1 heterocycles. The third-order valence-electron chi connectivity index (χ3n) is 3.25. The van der Waals surface area contributed by atoms with Gasteiger partial charge in [-0.05, 0) is 31.7 Å². The van der Waals surface area contributed by atoms with E-state index >= 15 is 0 Å². The van der Waals surface area contributed by atoms with Crippen LogP contribution in [0.15, 0.2) is 0 Å². The van der Waals surface area contributed by atoms with Gasteiger partial charge in [-0.15, -0.1) is 0 Å². The number of hydrogen-bond donors (Lipinski definition) is 2. The Bertz CT molecular complexity index is 295. The van der Waals surface area contributed by atoms with Crippen LogP contribution in [0, 0.1) is 5.92 Å². The molecule has 1 saturated heterocycles. The summed E-state index contributed by atoms with van der Waals surface area (Å²) in [7, 11) is -3.15. The van der Waals surface area contributed by atoms with Gasteiger partial charge in [0.25, 0.3) is 0 Å². The summed E-state index contributed by atoms with van der Waals surface area (Å²) >= 11 is 0. The molecule has 5 heteroatoms. The zero-order valence-electron chi connectivity index (χ0n) is 10.5. The topological polar surface area (TPSA) is 58.2 Å². The van der Waals surface area contributed by atoms with Crippen LogP contribution in [-0.2, 0) is 10.0 Å². The van der Waals surface area contributed by atoms with Gasteiger partial charge in [0.05, 0.1) is 5.25 Å². The summed E-state index contributed by atoms with van der Waals surface area (Å²) in [5, 5.41) is 2.89. The number of rotatable bonds is 5. The predicted octanol–water partition coefficient (Wildman–Crippen LogP) is 1.09. The maximum atomic E-state index is 12.1. The third-order valence-corrected chi connectivity index (χ3v) is 5.16. The summed E-state index contributed by atoms with van der Waals surface area (Å²) in [6.45, 7) is 7.65. The Balaban J connectivity index is 2.62. The molecule has 0 aromatic heterocycles. The molecule has 0 aromatic carbocycles. The Morgan fingerprint density at radius 3 is 2.56 bits per heavy atom. The van der Waals surface area contributed by atoms with E-state index in [1.165, 1.54) is 0 Å². The molecule has 2 unspecified atom stereocenters. The second-order valence-corrected chi connectivity index (χ2v) is 6.88. The standard InChI is InChI=1S/C11H24N2O2S/c1-4-11(9(2)3)13-16(14,15)10-6-5-7-12-8-10/h9-13H,4-8H2,1-3H3. The second kappa shape index (κ2) is 5.98. The Morgan fingerprint density at radius 1 is 1.44 bits per heavy atom. The van der Waals surface area contributed by atoms with Gasteiger partial charge in [-0.25, -0.2) is 13.1 Å². The van der Waals surface area contributed by atoms with Crippen LogP contribution in [0.4, 0.5) is 0 Å². The van der Waals surface area contributed by atoms with Crippen LogP contribution in [0.25, 0.3) is 0 Å². The molecule has 1 fully saturated rings. The van der Waals surface area contributed by atoms with E-state index in [0.29, 0.717) is 12.5 Å². The van der Waals surface area contributed by atoms with Crippen molar-refractivity contribution in [1.29, 1.82) is 0 Å². The van der Waals surface area contributed by atoms with E-state index in [-0.39, 0.29) is 11.3 Å². The second-order valence-electron chi connectivity index (χ2n) is 4.89. The summed E-state index contributed by atoms with van der Waals surface area (Å²) in [6.07, 6.45) is 2.57. The highest BCUT2D eigenvalue weighted by Crippen LogP contribution is 2.14. The van der Waals surface area contributed by atoms with Crippen molar-refractivity contribution in [3.63, 3.8) is 0 Å². The van der Waals surface area contributed by atoms with Crippen molar-refractivity contribution >= 4 is 10.0 Å². The van der Waals surface area contributed by atoms with Crippen molar-refractivity contribution < 1.29 is 8.42 Å². The highest BCUT2D eigenvalue weighted by atomic mass is 32.2. The minimum atomic E-state index is -3.15. The van der Waals surface area contributed by atoms with E-state index in [1.807, 2.05) is 6.92 Å². The molecule has 0 aliphatic carbocycles. The first kappa shape index (κ1) is 13.9. The molecule has 0 spiro atoms. The molecular formula is C11H24N2O2S. The van der Waals surface area contributed by atoms with Gasteiger partial charge in [0, 0.05) is 12.6 Å². The van der Waals surface area contributed by atoms with Gasteiger partial charge >= 0.3 is 0 Å². The Hall–Kier alpha value is -0.130. The van der Waals surface area contributed by atoms with Crippen LogP contribution in [0.1, 0.15) is 40.0 Å². The normalized spacial score (nSPS) is 24.6. The van der Waals surface area contributed by atoms with E-state index in [2.05, 4.69) is 23.9 Å². The van der Waals surface area contributed by atoms with Gasteiger partial charge in [0.2, 0.25) is 10.0 Å². The summed E-state index contributed by atoms with van der Waals surface area (Å²) in [5.74, 6) is 0.344. The van der Waals surface area contributed by atoms with Gasteiger partial charge in [0.15, 0.2) is 0 Å². The first-order valence-electron chi connectivity index (χ1n) is 6.19. The van der Waals surface area contributed by atoms with E-state index in [0.717, 1.165) is 25.8 Å². The molecule has 2 atom stereocenters. The zero-order valence-corrected chi connectivity index (χ0v) is 11.3. The van der Waals surface area contributed by atoms with E-state index < -0.39 is 10.0 Å². The molecular weight excluding hydrogens is 224 g/mol. The van der Waals surface area contributed by atoms with Gasteiger partial charge in [0.1, 0.15) is 0 Å². The van der Waals surface area contributed by atoms with Crippen LogP contribution in [0.3, 0.4) is 0 Å². The SMILES string of the molecule is CCC(NS(=O)(=O)C1CCCNC1)C(C)C. The minimum absolute atomic E-state index is 0.0620. The van der Waals surface area contributed by atoms with E-state index in [4.69, 9.17) is 0 Å². The monoisotopic (exact) mass is 248 g/mol. The number of nitrogens with one attached hydrogen (secondary N) is 2. The summed E-state index contributed by atoms with van der Waals surface area (Å²) < 4.78 is 27.1. The Kier molecular flexibility index (Phi) is 5.21. The van der Waals surface area contributed by atoms with Crippen molar-refractivity contribution in [2.45, 2.75) is 51.3 Å². The van der Waals surface area contributed by atoms with E-state index in [1.54, 1.807) is 0 Å². The largest absolute Gasteiger partial charge is 0.315 e. The first-order chi connectivity index (χ1) is 7.47. The molecule has 4 nitrogen and oxygen atoms in total. The fraction of sp³-hybridized carbons (Fsp3) is 1.00. The molecule has 2 N–H and O–H groups in total. The summed E-state index contributed by atoms with van der Waals surface area (Å²) in [6, 6.07) is 0.0620. The van der Waals surface area contributed by atoms with Gasteiger partial charge in [-0.2, -0.15) is 0 Å². The van der Waals surface area contributed by atoms with Crippen LogP contribution in [-0.4, -0.2) is 32.8 Å². The van der Waals surface area contributed by atoms with Crippen molar-refractivity contribution in [3.05, 3.63) is 0 Å². The average Bonchev–Trinajstić information content (AvgIpc) is 2.27. The fourth-order valence-electron chi connectivity index (χ4n) is 2.08. The maximum Gasteiger partial charge on any atom is 0.215 e.